The molecule has 0 atom stereocenters. The van der Waals surface area contributed by atoms with Crippen molar-refractivity contribution in [2.75, 3.05) is 4.90 Å². The summed E-state index contributed by atoms with van der Waals surface area (Å²) in [7, 11) is 0. The molecule has 1 aliphatic rings. The Kier molecular flexibility index (Phi) is 3.23. The molecule has 0 fully saturated rings. The summed E-state index contributed by atoms with van der Waals surface area (Å²) in [6.45, 7) is 0.0295. The minimum Gasteiger partial charge on any atom is -0.476 e. The number of carbonyl (C=O) groups is 3. The molecule has 0 aliphatic carbocycles. The highest BCUT2D eigenvalue weighted by molar-refractivity contribution is 7.11. The predicted molar refractivity (Wildman–Crippen MR) is 76.0 cm³/mol. The fourth-order valence-electron chi connectivity index (χ4n) is 2.10. The lowest BCUT2D eigenvalue weighted by Crippen LogP contribution is -2.29. The molecule has 1 amide bonds. The highest BCUT2D eigenvalue weighted by Gasteiger charge is 2.37. The van der Waals surface area contributed by atoms with E-state index in [2.05, 4.69) is 4.98 Å². The quantitative estimate of drug-likeness (QED) is 0.875. The standard InChI is InChI=1S/C13H7ClN2O4S/c14-7-2-1-3-8-9(7)10(17)12(18)16(8)4-6-5-21-11(15-6)13(19)20/h1-3,5H,4H2,(H,19,20). The molecule has 6 nitrogen and oxygen atoms in total. The Morgan fingerprint density at radius 1 is 1.38 bits per heavy atom. The van der Waals surface area contributed by atoms with Crippen molar-refractivity contribution in [3.05, 3.63) is 44.9 Å². The predicted octanol–water partition coefficient (Wildman–Crippen LogP) is 2.22. The molecule has 0 radical (unpaired) electrons. The van der Waals surface area contributed by atoms with Crippen LogP contribution in [0, 0.1) is 0 Å². The van der Waals surface area contributed by atoms with E-state index in [9.17, 15) is 14.4 Å². The first-order valence-electron chi connectivity index (χ1n) is 5.81. The summed E-state index contributed by atoms with van der Waals surface area (Å²) in [4.78, 5) is 40.0. The number of hydrogen-bond acceptors (Lipinski definition) is 5. The fourth-order valence-corrected chi connectivity index (χ4v) is 3.00. The van der Waals surface area contributed by atoms with Gasteiger partial charge in [-0.25, -0.2) is 9.78 Å². The molecule has 1 N–H and O–H groups in total. The van der Waals surface area contributed by atoms with E-state index in [0.29, 0.717) is 11.4 Å². The Hall–Kier alpha value is -2.25. The lowest BCUT2D eigenvalue weighted by molar-refractivity contribution is -0.114. The molecular formula is C13H7ClN2O4S. The van der Waals surface area contributed by atoms with Crippen molar-refractivity contribution in [3.63, 3.8) is 0 Å². The zero-order chi connectivity index (χ0) is 15.1. The van der Waals surface area contributed by atoms with Crippen LogP contribution in [0.3, 0.4) is 0 Å². The zero-order valence-corrected chi connectivity index (χ0v) is 11.9. The van der Waals surface area contributed by atoms with Gasteiger partial charge in [0.25, 0.3) is 11.7 Å². The van der Waals surface area contributed by atoms with Crippen LogP contribution in [0.4, 0.5) is 5.69 Å². The number of amides is 1. The third-order valence-corrected chi connectivity index (χ3v) is 4.20. The fraction of sp³-hybridized carbons (Fsp3) is 0.0769. The number of anilines is 1. The maximum Gasteiger partial charge on any atom is 0.365 e. The summed E-state index contributed by atoms with van der Waals surface area (Å²) >= 11 is 6.92. The van der Waals surface area contributed by atoms with Gasteiger partial charge < -0.3 is 5.11 Å². The van der Waals surface area contributed by atoms with E-state index >= 15 is 0 Å². The van der Waals surface area contributed by atoms with Crippen molar-refractivity contribution in [1.29, 1.82) is 0 Å². The van der Waals surface area contributed by atoms with Crippen LogP contribution >= 0.6 is 22.9 Å². The number of hydrogen-bond donors (Lipinski definition) is 1. The number of thiazole rings is 1. The van der Waals surface area contributed by atoms with Gasteiger partial charge in [0.2, 0.25) is 5.01 Å². The first kappa shape index (κ1) is 13.7. The zero-order valence-electron chi connectivity index (χ0n) is 10.4. The lowest BCUT2D eigenvalue weighted by atomic mass is 10.1. The number of ketones is 1. The van der Waals surface area contributed by atoms with Crippen LogP contribution in [0.25, 0.3) is 0 Å². The average Bonchev–Trinajstić information content (AvgIpc) is 3.00. The van der Waals surface area contributed by atoms with E-state index in [0.717, 1.165) is 11.3 Å². The summed E-state index contributed by atoms with van der Waals surface area (Å²) in [6, 6.07) is 4.80. The molecule has 0 unspecified atom stereocenters. The Morgan fingerprint density at radius 2 is 2.14 bits per heavy atom. The van der Waals surface area contributed by atoms with Gasteiger partial charge in [0.05, 0.1) is 28.5 Å². The lowest BCUT2D eigenvalue weighted by Gasteiger charge is -2.14. The Morgan fingerprint density at radius 3 is 2.81 bits per heavy atom. The molecule has 0 bridgehead atoms. The minimum absolute atomic E-state index is 0.0295. The smallest absolute Gasteiger partial charge is 0.365 e. The number of nitrogens with zero attached hydrogens (tertiary/aromatic N) is 2. The van der Waals surface area contributed by atoms with Gasteiger partial charge >= 0.3 is 5.97 Å². The minimum atomic E-state index is -1.13. The number of rotatable bonds is 3. The highest BCUT2D eigenvalue weighted by atomic mass is 35.5. The number of halogens is 1. The maximum absolute atomic E-state index is 12.0. The molecule has 3 rings (SSSR count). The summed E-state index contributed by atoms with van der Waals surface area (Å²) in [5.41, 5.74) is 1.01. The van der Waals surface area contributed by atoms with Gasteiger partial charge in [0, 0.05) is 5.38 Å². The van der Waals surface area contributed by atoms with E-state index in [1.54, 1.807) is 23.6 Å². The number of Topliss-reactive ketones (excluding diaryl/α,β-unsaturated/α-hetero) is 1. The molecule has 21 heavy (non-hydrogen) atoms. The van der Waals surface area contributed by atoms with Crippen LogP contribution in [-0.2, 0) is 11.3 Å². The first-order valence-corrected chi connectivity index (χ1v) is 7.07. The molecule has 2 heterocycles. The second-order valence-electron chi connectivity index (χ2n) is 4.30. The van der Waals surface area contributed by atoms with Gasteiger partial charge in [-0.15, -0.1) is 11.3 Å². The SMILES string of the molecule is O=C(O)c1nc(CN2C(=O)C(=O)c3c(Cl)cccc32)cs1. The van der Waals surface area contributed by atoms with Crippen LogP contribution in [0.15, 0.2) is 23.6 Å². The molecule has 0 spiro atoms. The van der Waals surface area contributed by atoms with E-state index in [-0.39, 0.29) is 22.1 Å². The summed E-state index contributed by atoms with van der Waals surface area (Å²) < 4.78 is 0. The number of aromatic carboxylic acids is 1. The van der Waals surface area contributed by atoms with Crippen molar-refractivity contribution in [3.8, 4) is 0 Å². The molecular weight excluding hydrogens is 316 g/mol. The van der Waals surface area contributed by atoms with Crippen molar-refractivity contribution in [1.82, 2.24) is 4.98 Å². The maximum atomic E-state index is 12.0. The number of carboxylic acids is 1. The molecule has 1 aromatic carbocycles. The monoisotopic (exact) mass is 322 g/mol. The van der Waals surface area contributed by atoms with Gasteiger partial charge in [-0.1, -0.05) is 17.7 Å². The van der Waals surface area contributed by atoms with Gasteiger partial charge in [-0.3, -0.25) is 14.5 Å². The van der Waals surface area contributed by atoms with E-state index in [1.165, 1.54) is 4.90 Å². The Bertz CT molecular complexity index is 786. The topological polar surface area (TPSA) is 87.6 Å². The van der Waals surface area contributed by atoms with Crippen LogP contribution in [0.1, 0.15) is 25.9 Å². The first-order chi connectivity index (χ1) is 9.99. The van der Waals surface area contributed by atoms with Crippen molar-refractivity contribution in [2.24, 2.45) is 0 Å². The van der Waals surface area contributed by atoms with Crippen molar-refractivity contribution < 1.29 is 19.5 Å². The van der Waals surface area contributed by atoms with Crippen LogP contribution in [0.2, 0.25) is 5.02 Å². The third-order valence-electron chi connectivity index (χ3n) is 3.00. The third kappa shape index (κ3) is 2.20. The normalized spacial score (nSPS) is 13.7. The molecule has 0 saturated carbocycles. The van der Waals surface area contributed by atoms with E-state index in [1.807, 2.05) is 0 Å². The largest absolute Gasteiger partial charge is 0.476 e. The number of carbonyl (C=O) groups excluding carboxylic acids is 2. The number of benzene rings is 1. The highest BCUT2D eigenvalue weighted by Crippen LogP contribution is 2.35. The molecule has 1 aromatic heterocycles. The van der Waals surface area contributed by atoms with Crippen LogP contribution in [-0.4, -0.2) is 27.8 Å². The van der Waals surface area contributed by atoms with Crippen LogP contribution in [0.5, 0.6) is 0 Å². The summed E-state index contributed by atoms with van der Waals surface area (Å²) in [5.74, 6) is -2.48. The summed E-state index contributed by atoms with van der Waals surface area (Å²) in [5, 5.41) is 10.5. The molecule has 1 aliphatic heterocycles. The van der Waals surface area contributed by atoms with E-state index < -0.39 is 17.7 Å². The molecule has 106 valence electrons. The molecule has 2 aromatic rings. The van der Waals surface area contributed by atoms with Gasteiger partial charge in [0.15, 0.2) is 0 Å². The summed E-state index contributed by atoms with van der Waals surface area (Å²) in [6.07, 6.45) is 0. The molecule has 0 saturated heterocycles. The van der Waals surface area contributed by atoms with Gasteiger partial charge in [-0.2, -0.15) is 0 Å². The van der Waals surface area contributed by atoms with Crippen LogP contribution < -0.4 is 4.90 Å². The van der Waals surface area contributed by atoms with Gasteiger partial charge in [0.1, 0.15) is 0 Å². The number of aromatic nitrogens is 1. The van der Waals surface area contributed by atoms with E-state index in [4.69, 9.17) is 16.7 Å². The van der Waals surface area contributed by atoms with Gasteiger partial charge in [-0.05, 0) is 12.1 Å². The van der Waals surface area contributed by atoms with Crippen molar-refractivity contribution >= 4 is 46.3 Å². The second kappa shape index (κ2) is 4.94. The Balaban J connectivity index is 1.96. The number of fused-ring (bicyclic) bond motifs is 1. The Labute approximate surface area is 127 Å². The average molecular weight is 323 g/mol. The second-order valence-corrected chi connectivity index (χ2v) is 5.57. The number of carboxylic acid groups (broad SMARTS) is 1. The molecule has 8 heteroatoms. The van der Waals surface area contributed by atoms with Crippen molar-refractivity contribution in [2.45, 2.75) is 6.54 Å².